The summed E-state index contributed by atoms with van der Waals surface area (Å²) in [6.07, 6.45) is 0.701. The molecule has 2 aliphatic rings. The smallest absolute Gasteiger partial charge is 0.315 e. The first-order valence-corrected chi connectivity index (χ1v) is 12.6. The van der Waals surface area contributed by atoms with Gasteiger partial charge in [-0.2, -0.15) is 0 Å². The summed E-state index contributed by atoms with van der Waals surface area (Å²) in [5.41, 5.74) is 3.49. The molecule has 2 atom stereocenters. The van der Waals surface area contributed by atoms with Crippen LogP contribution in [0.2, 0.25) is 0 Å². The van der Waals surface area contributed by atoms with Gasteiger partial charge in [-0.15, -0.1) is 0 Å². The molecule has 3 N–H and O–H groups in total. The summed E-state index contributed by atoms with van der Waals surface area (Å²) in [5, 5.41) is 29.1. The fourth-order valence-electron chi connectivity index (χ4n) is 5.31. The molecule has 0 saturated heterocycles. The molecule has 202 valence electrons. The number of hydrogen-bond acceptors (Lipinski definition) is 9. The highest BCUT2D eigenvalue weighted by molar-refractivity contribution is 6.01. The van der Waals surface area contributed by atoms with E-state index in [2.05, 4.69) is 10.6 Å². The Bertz CT molecular complexity index is 1480. The van der Waals surface area contributed by atoms with Gasteiger partial charge in [-0.3, -0.25) is 14.9 Å². The fraction of sp³-hybridized carbons (Fsp3) is 0.276. The second-order valence-corrected chi connectivity index (χ2v) is 9.35. The maximum atomic E-state index is 13.9. The minimum atomic E-state index is -0.727. The van der Waals surface area contributed by atoms with E-state index in [9.17, 15) is 20.0 Å². The molecular formula is C29H29N3O7. The van der Waals surface area contributed by atoms with Gasteiger partial charge in [0.25, 0.3) is 0 Å². The molecule has 3 aromatic rings. The molecule has 0 bridgehead atoms. The Kier molecular flexibility index (Phi) is 7.02. The third-order valence-electron chi connectivity index (χ3n) is 7.09. The topological polar surface area (TPSA) is 132 Å². The van der Waals surface area contributed by atoms with E-state index < -0.39 is 22.4 Å². The Morgan fingerprint density at radius 3 is 2.49 bits per heavy atom. The highest BCUT2D eigenvalue weighted by atomic mass is 16.6. The van der Waals surface area contributed by atoms with Crippen LogP contribution >= 0.6 is 0 Å². The number of carbonyl (C=O) groups excluding carboxylic acids is 1. The molecule has 1 aliphatic heterocycles. The number of phenolic OH excluding ortho intramolecular Hbond substituents is 1. The monoisotopic (exact) mass is 531 g/mol. The third-order valence-corrected chi connectivity index (χ3v) is 7.09. The number of para-hydroxylation sites is 2. The first-order chi connectivity index (χ1) is 18.8. The van der Waals surface area contributed by atoms with Gasteiger partial charge in [0.2, 0.25) is 5.75 Å². The number of fused-ring (bicyclic) bond motifs is 1. The van der Waals surface area contributed by atoms with Gasteiger partial charge < -0.3 is 30.0 Å². The van der Waals surface area contributed by atoms with E-state index in [0.717, 1.165) is 16.9 Å². The standard InChI is InChI=1S/C29H29N3O7/c1-4-39-26-14-17(12-23(29(26)34)32(35)36)28-27-22(30-20-7-5-6-8-21(20)31-28)11-16(13-24(27)33)19-15-18(37-2)9-10-25(19)38-3/h5-10,12,14-16,28,30-31,34H,4,11,13H2,1-3H3/t16-,28+/m1/s1. The Hall–Kier alpha value is -4.73. The van der Waals surface area contributed by atoms with Crippen molar-refractivity contribution in [2.75, 3.05) is 31.5 Å². The zero-order valence-electron chi connectivity index (χ0n) is 21.8. The lowest BCUT2D eigenvalue weighted by atomic mass is 9.78. The molecule has 0 amide bonds. The number of rotatable bonds is 7. The summed E-state index contributed by atoms with van der Waals surface area (Å²) in [6, 6.07) is 15.2. The first kappa shape index (κ1) is 25.9. The number of carbonyl (C=O) groups is 1. The van der Waals surface area contributed by atoms with Crippen molar-refractivity contribution in [2.45, 2.75) is 31.7 Å². The molecule has 39 heavy (non-hydrogen) atoms. The van der Waals surface area contributed by atoms with E-state index in [4.69, 9.17) is 14.2 Å². The molecule has 0 unspecified atom stereocenters. The molecule has 5 rings (SSSR count). The molecule has 0 fully saturated rings. The third kappa shape index (κ3) is 4.81. The lowest BCUT2D eigenvalue weighted by Gasteiger charge is -2.30. The summed E-state index contributed by atoms with van der Waals surface area (Å²) < 4.78 is 16.6. The zero-order valence-corrected chi connectivity index (χ0v) is 21.8. The molecule has 0 aromatic heterocycles. The number of phenols is 1. The number of Topliss-reactive ketones (excluding diaryl/α,β-unsaturated/α-hetero) is 1. The molecule has 0 radical (unpaired) electrons. The average molecular weight is 532 g/mol. The number of methoxy groups -OCH3 is 2. The van der Waals surface area contributed by atoms with Crippen LogP contribution in [-0.4, -0.2) is 36.6 Å². The number of nitrogens with one attached hydrogen (secondary N) is 2. The predicted octanol–water partition coefficient (Wildman–Crippen LogP) is 5.70. The van der Waals surface area contributed by atoms with Crippen molar-refractivity contribution in [3.63, 3.8) is 0 Å². The predicted molar refractivity (Wildman–Crippen MR) is 146 cm³/mol. The summed E-state index contributed by atoms with van der Waals surface area (Å²) in [6.45, 7) is 1.92. The molecular weight excluding hydrogens is 502 g/mol. The van der Waals surface area contributed by atoms with E-state index >= 15 is 0 Å². The largest absolute Gasteiger partial charge is 0.500 e. The van der Waals surface area contributed by atoms with Crippen LogP contribution in [0.3, 0.4) is 0 Å². The van der Waals surface area contributed by atoms with Crippen molar-refractivity contribution in [2.24, 2.45) is 0 Å². The quantitative estimate of drug-likeness (QED) is 0.260. The first-order valence-electron chi connectivity index (χ1n) is 12.6. The van der Waals surface area contributed by atoms with E-state index in [0.29, 0.717) is 34.8 Å². The van der Waals surface area contributed by atoms with Crippen LogP contribution in [0.25, 0.3) is 0 Å². The van der Waals surface area contributed by atoms with Gasteiger partial charge in [0, 0.05) is 35.2 Å². The van der Waals surface area contributed by atoms with Crippen molar-refractivity contribution < 1.29 is 29.0 Å². The zero-order chi connectivity index (χ0) is 27.7. The Labute approximate surface area is 225 Å². The minimum Gasteiger partial charge on any atom is -0.500 e. The number of allylic oxidation sites excluding steroid dienone is 1. The highest BCUT2D eigenvalue weighted by Gasteiger charge is 2.38. The number of nitro benzene ring substituents is 1. The Balaban J connectivity index is 1.66. The van der Waals surface area contributed by atoms with E-state index in [1.54, 1.807) is 27.2 Å². The molecule has 3 aromatic carbocycles. The minimum absolute atomic E-state index is 0.0154. The van der Waals surface area contributed by atoms with Crippen LogP contribution < -0.4 is 24.8 Å². The molecule has 10 nitrogen and oxygen atoms in total. The number of ether oxygens (including phenoxy) is 3. The maximum Gasteiger partial charge on any atom is 0.315 e. The van der Waals surface area contributed by atoms with Crippen LogP contribution in [0.15, 0.2) is 65.9 Å². The number of ketones is 1. The molecule has 0 spiro atoms. The second kappa shape index (κ2) is 10.6. The SMILES string of the molecule is CCOc1cc([C@@H]2Nc3ccccc3NC3=C2C(=O)C[C@H](c2cc(OC)ccc2OC)C3)cc([N+](=O)[O-])c1O. The summed E-state index contributed by atoms with van der Waals surface area (Å²) in [7, 11) is 3.18. The van der Waals surface area contributed by atoms with Gasteiger partial charge in [0.15, 0.2) is 11.5 Å². The van der Waals surface area contributed by atoms with Crippen LogP contribution in [0.4, 0.5) is 17.1 Å². The van der Waals surface area contributed by atoms with Crippen LogP contribution in [0.5, 0.6) is 23.0 Å². The maximum absolute atomic E-state index is 13.9. The van der Waals surface area contributed by atoms with Crippen molar-refractivity contribution in [1.82, 2.24) is 0 Å². The van der Waals surface area contributed by atoms with Gasteiger partial charge in [-0.05, 0) is 55.3 Å². The van der Waals surface area contributed by atoms with Crippen LogP contribution in [0.1, 0.15) is 42.9 Å². The second-order valence-electron chi connectivity index (χ2n) is 9.35. The number of aromatic hydroxyl groups is 1. The van der Waals surface area contributed by atoms with E-state index in [1.165, 1.54) is 6.07 Å². The normalized spacial score (nSPS) is 18.2. The number of hydrogen-bond donors (Lipinski definition) is 3. The van der Waals surface area contributed by atoms with Gasteiger partial charge in [0.05, 0.1) is 43.2 Å². The summed E-state index contributed by atoms with van der Waals surface area (Å²) in [5.74, 6) is 0.462. The van der Waals surface area contributed by atoms with Crippen molar-refractivity contribution >= 4 is 22.8 Å². The summed E-state index contributed by atoms with van der Waals surface area (Å²) in [4.78, 5) is 25.1. The van der Waals surface area contributed by atoms with Crippen LogP contribution in [-0.2, 0) is 4.79 Å². The lowest BCUT2D eigenvalue weighted by Crippen LogP contribution is -2.27. The highest BCUT2D eigenvalue weighted by Crippen LogP contribution is 2.48. The van der Waals surface area contributed by atoms with E-state index in [1.807, 2.05) is 42.5 Å². The number of anilines is 2. The molecule has 1 aliphatic carbocycles. The lowest BCUT2D eigenvalue weighted by molar-refractivity contribution is -0.386. The van der Waals surface area contributed by atoms with Gasteiger partial charge in [0.1, 0.15) is 11.5 Å². The average Bonchev–Trinajstić information content (AvgIpc) is 3.10. The van der Waals surface area contributed by atoms with E-state index in [-0.39, 0.29) is 30.5 Å². The van der Waals surface area contributed by atoms with Gasteiger partial charge in [-0.1, -0.05) is 12.1 Å². The van der Waals surface area contributed by atoms with Gasteiger partial charge in [-0.25, -0.2) is 0 Å². The van der Waals surface area contributed by atoms with Crippen molar-refractivity contribution in [1.29, 1.82) is 0 Å². The van der Waals surface area contributed by atoms with Gasteiger partial charge >= 0.3 is 5.69 Å². The van der Waals surface area contributed by atoms with Crippen molar-refractivity contribution in [3.8, 4) is 23.0 Å². The molecule has 10 heteroatoms. The Morgan fingerprint density at radius 2 is 1.79 bits per heavy atom. The fourth-order valence-corrected chi connectivity index (χ4v) is 5.31. The van der Waals surface area contributed by atoms with Crippen molar-refractivity contribution in [3.05, 3.63) is 87.1 Å². The molecule has 1 heterocycles. The van der Waals surface area contributed by atoms with Crippen LogP contribution in [0, 0.1) is 10.1 Å². The molecule has 0 saturated carbocycles. The number of benzene rings is 3. The number of nitrogens with zero attached hydrogens (tertiary/aromatic N) is 1. The summed E-state index contributed by atoms with van der Waals surface area (Å²) >= 11 is 0. The number of nitro groups is 1. The Morgan fingerprint density at radius 1 is 1.03 bits per heavy atom.